The van der Waals surface area contributed by atoms with Crippen molar-refractivity contribution in [1.29, 1.82) is 0 Å². The van der Waals surface area contributed by atoms with Crippen LogP contribution in [-0.2, 0) is 0 Å². The van der Waals surface area contributed by atoms with Gasteiger partial charge in [0, 0.05) is 56.6 Å². The minimum absolute atomic E-state index is 0.0567. The van der Waals surface area contributed by atoms with Gasteiger partial charge in [0.05, 0.1) is 0 Å². The van der Waals surface area contributed by atoms with E-state index in [9.17, 15) is 9.18 Å². The van der Waals surface area contributed by atoms with Gasteiger partial charge in [0.2, 0.25) is 5.95 Å². The lowest BCUT2D eigenvalue weighted by atomic mass is 10.1. The molecule has 6 nitrogen and oxygen atoms in total. The van der Waals surface area contributed by atoms with E-state index in [1.807, 2.05) is 11.8 Å². The summed E-state index contributed by atoms with van der Waals surface area (Å²) >= 11 is 0. The fourth-order valence-corrected chi connectivity index (χ4v) is 3.85. The third-order valence-corrected chi connectivity index (χ3v) is 5.45. The molecule has 4 rings (SSSR count). The Labute approximate surface area is 165 Å². The number of hydrogen-bond donors (Lipinski definition) is 0. The van der Waals surface area contributed by atoms with Crippen LogP contribution in [0.2, 0.25) is 0 Å². The minimum Gasteiger partial charge on any atom is -0.356 e. The molecule has 0 bridgehead atoms. The third kappa shape index (κ3) is 4.08. The van der Waals surface area contributed by atoms with Crippen LogP contribution in [0.3, 0.4) is 0 Å². The number of nitrogens with zero attached hydrogens (tertiary/aromatic N) is 5. The molecule has 2 fully saturated rings. The summed E-state index contributed by atoms with van der Waals surface area (Å²) in [6, 6.07) is 7.79. The van der Waals surface area contributed by atoms with Crippen LogP contribution in [0.4, 0.5) is 16.2 Å². The van der Waals surface area contributed by atoms with E-state index in [0.717, 1.165) is 30.5 Å². The van der Waals surface area contributed by atoms with Gasteiger partial charge in [-0.2, -0.15) is 4.98 Å². The summed E-state index contributed by atoms with van der Waals surface area (Å²) in [4.78, 5) is 28.4. The van der Waals surface area contributed by atoms with Gasteiger partial charge in [0.15, 0.2) is 0 Å². The van der Waals surface area contributed by atoms with Gasteiger partial charge in [0.1, 0.15) is 11.6 Å². The van der Waals surface area contributed by atoms with E-state index < -0.39 is 0 Å². The fraction of sp³-hybridized carbons (Fsp3) is 0.476. The van der Waals surface area contributed by atoms with Gasteiger partial charge < -0.3 is 14.7 Å². The van der Waals surface area contributed by atoms with E-state index in [4.69, 9.17) is 4.98 Å². The van der Waals surface area contributed by atoms with Gasteiger partial charge in [-0.25, -0.2) is 9.37 Å². The lowest BCUT2D eigenvalue weighted by Crippen LogP contribution is -2.49. The smallest absolute Gasteiger partial charge is 0.253 e. The van der Waals surface area contributed by atoms with Gasteiger partial charge in [0.25, 0.3) is 5.91 Å². The molecule has 0 saturated carbocycles. The van der Waals surface area contributed by atoms with E-state index >= 15 is 0 Å². The van der Waals surface area contributed by atoms with Crippen LogP contribution in [0.1, 0.15) is 35.3 Å². The second-order valence-corrected chi connectivity index (χ2v) is 7.50. The molecule has 0 aliphatic carbocycles. The summed E-state index contributed by atoms with van der Waals surface area (Å²) in [6.45, 7) is 6.70. The molecule has 148 valence electrons. The average molecular weight is 383 g/mol. The highest BCUT2D eigenvalue weighted by molar-refractivity contribution is 5.94. The number of carbonyl (C=O) groups is 1. The van der Waals surface area contributed by atoms with Gasteiger partial charge in [-0.3, -0.25) is 4.79 Å². The number of aryl methyl sites for hydroxylation is 1. The first-order chi connectivity index (χ1) is 13.6. The number of benzene rings is 1. The second kappa shape index (κ2) is 8.12. The van der Waals surface area contributed by atoms with E-state index in [1.165, 1.54) is 31.4 Å². The number of aromatic nitrogens is 2. The predicted molar refractivity (Wildman–Crippen MR) is 107 cm³/mol. The molecule has 0 unspecified atom stereocenters. The normalized spacial score (nSPS) is 17.7. The number of piperazine rings is 1. The molecule has 1 amide bonds. The van der Waals surface area contributed by atoms with Gasteiger partial charge >= 0.3 is 0 Å². The molecular weight excluding hydrogens is 357 g/mol. The Kier molecular flexibility index (Phi) is 5.41. The largest absolute Gasteiger partial charge is 0.356 e. The zero-order valence-electron chi connectivity index (χ0n) is 16.3. The van der Waals surface area contributed by atoms with Crippen molar-refractivity contribution in [2.75, 3.05) is 49.1 Å². The molecule has 2 saturated heterocycles. The van der Waals surface area contributed by atoms with Crippen LogP contribution < -0.4 is 9.80 Å². The molecular formula is C21H26FN5O. The van der Waals surface area contributed by atoms with Crippen molar-refractivity contribution in [3.8, 4) is 0 Å². The van der Waals surface area contributed by atoms with Crippen molar-refractivity contribution in [3.05, 3.63) is 47.4 Å². The molecule has 0 radical (unpaired) electrons. The number of halogens is 1. The van der Waals surface area contributed by atoms with Crippen LogP contribution in [0.15, 0.2) is 30.3 Å². The lowest BCUT2D eigenvalue weighted by Gasteiger charge is -2.35. The highest BCUT2D eigenvalue weighted by Gasteiger charge is 2.24. The van der Waals surface area contributed by atoms with Crippen LogP contribution in [0, 0.1) is 12.7 Å². The molecule has 0 spiro atoms. The summed E-state index contributed by atoms with van der Waals surface area (Å²) in [5, 5.41) is 0. The maximum absolute atomic E-state index is 13.1. The molecule has 0 atom stereocenters. The van der Waals surface area contributed by atoms with Crippen molar-refractivity contribution in [3.63, 3.8) is 0 Å². The summed E-state index contributed by atoms with van der Waals surface area (Å²) < 4.78 is 13.1. The molecule has 2 aliphatic rings. The Hall–Kier alpha value is -2.70. The Bertz CT molecular complexity index is 827. The minimum atomic E-state index is -0.331. The number of carbonyl (C=O) groups excluding carboxylic acids is 1. The average Bonchev–Trinajstić information content (AvgIpc) is 2.74. The Balaban J connectivity index is 1.42. The van der Waals surface area contributed by atoms with E-state index in [0.29, 0.717) is 31.7 Å². The SMILES string of the molecule is Cc1cc(N2CCCCC2)nc(N2CCN(C(=O)c3ccc(F)cc3)CC2)n1. The van der Waals surface area contributed by atoms with E-state index in [-0.39, 0.29) is 11.7 Å². The summed E-state index contributed by atoms with van der Waals surface area (Å²) in [6.07, 6.45) is 3.71. The maximum atomic E-state index is 13.1. The molecule has 2 aromatic rings. The summed E-state index contributed by atoms with van der Waals surface area (Å²) in [5.41, 5.74) is 1.49. The standard InChI is InChI=1S/C21H26FN5O/c1-16-15-19(25-9-3-2-4-10-25)24-21(23-16)27-13-11-26(12-14-27)20(28)17-5-7-18(22)8-6-17/h5-8,15H,2-4,9-14H2,1H3. The molecule has 3 heterocycles. The zero-order chi connectivity index (χ0) is 19.5. The Morgan fingerprint density at radius 3 is 2.25 bits per heavy atom. The second-order valence-electron chi connectivity index (χ2n) is 7.50. The fourth-order valence-electron chi connectivity index (χ4n) is 3.85. The van der Waals surface area contributed by atoms with Crippen LogP contribution in [-0.4, -0.2) is 60.0 Å². The Morgan fingerprint density at radius 1 is 0.893 bits per heavy atom. The van der Waals surface area contributed by atoms with Gasteiger partial charge in [-0.05, 0) is 50.5 Å². The number of hydrogen-bond acceptors (Lipinski definition) is 5. The number of piperidine rings is 1. The lowest BCUT2D eigenvalue weighted by molar-refractivity contribution is 0.0746. The van der Waals surface area contributed by atoms with Gasteiger partial charge in [-0.15, -0.1) is 0 Å². The van der Waals surface area contributed by atoms with Crippen LogP contribution >= 0.6 is 0 Å². The molecule has 2 aliphatic heterocycles. The van der Waals surface area contributed by atoms with Crippen molar-refractivity contribution >= 4 is 17.7 Å². The highest BCUT2D eigenvalue weighted by Crippen LogP contribution is 2.22. The molecule has 7 heteroatoms. The zero-order valence-corrected chi connectivity index (χ0v) is 16.3. The molecule has 1 aromatic carbocycles. The van der Waals surface area contributed by atoms with Crippen molar-refractivity contribution < 1.29 is 9.18 Å². The van der Waals surface area contributed by atoms with Crippen molar-refractivity contribution in [1.82, 2.24) is 14.9 Å². The Morgan fingerprint density at radius 2 is 1.57 bits per heavy atom. The van der Waals surface area contributed by atoms with Crippen LogP contribution in [0.25, 0.3) is 0 Å². The van der Waals surface area contributed by atoms with Crippen LogP contribution in [0.5, 0.6) is 0 Å². The first-order valence-corrected chi connectivity index (χ1v) is 10.0. The number of anilines is 2. The third-order valence-electron chi connectivity index (χ3n) is 5.45. The number of amides is 1. The molecule has 1 aromatic heterocycles. The van der Waals surface area contributed by atoms with E-state index in [1.54, 1.807) is 12.1 Å². The van der Waals surface area contributed by atoms with E-state index in [2.05, 4.69) is 20.9 Å². The first kappa shape index (κ1) is 18.7. The monoisotopic (exact) mass is 383 g/mol. The maximum Gasteiger partial charge on any atom is 0.253 e. The summed E-state index contributed by atoms with van der Waals surface area (Å²) in [5.74, 6) is 1.36. The van der Waals surface area contributed by atoms with Gasteiger partial charge in [-0.1, -0.05) is 0 Å². The predicted octanol–water partition coefficient (Wildman–Crippen LogP) is 2.88. The summed E-state index contributed by atoms with van der Waals surface area (Å²) in [7, 11) is 0. The molecule has 28 heavy (non-hydrogen) atoms. The number of rotatable bonds is 3. The topological polar surface area (TPSA) is 52.6 Å². The molecule has 0 N–H and O–H groups in total. The van der Waals surface area contributed by atoms with Crippen molar-refractivity contribution in [2.45, 2.75) is 26.2 Å². The highest BCUT2D eigenvalue weighted by atomic mass is 19.1. The van der Waals surface area contributed by atoms with Crippen molar-refractivity contribution in [2.24, 2.45) is 0 Å². The quantitative estimate of drug-likeness (QED) is 0.816. The first-order valence-electron chi connectivity index (χ1n) is 10.0.